The summed E-state index contributed by atoms with van der Waals surface area (Å²) in [5.41, 5.74) is 3.19. The molecule has 2 N–H and O–H groups in total. The Labute approximate surface area is 136 Å². The first-order chi connectivity index (χ1) is 11.0. The minimum absolute atomic E-state index is 0.223. The van der Waals surface area contributed by atoms with Crippen LogP contribution in [0.4, 0.5) is 14.9 Å². The Balaban J connectivity index is 1.69. The summed E-state index contributed by atoms with van der Waals surface area (Å²) < 4.78 is 12.8. The fraction of sp³-hybridized carbons (Fsp3) is 0.278. The molecule has 0 spiro atoms. The zero-order valence-corrected chi connectivity index (χ0v) is 13.5. The van der Waals surface area contributed by atoms with E-state index < -0.39 is 0 Å². The molecule has 0 bridgehead atoms. The molecule has 0 heterocycles. The molecule has 4 nitrogen and oxygen atoms in total. The maximum absolute atomic E-state index is 12.8. The molecule has 2 rings (SSSR count). The highest BCUT2D eigenvalue weighted by Crippen LogP contribution is 2.12. The van der Waals surface area contributed by atoms with E-state index in [4.69, 9.17) is 0 Å². The maximum Gasteiger partial charge on any atom is 0.315 e. The van der Waals surface area contributed by atoms with E-state index >= 15 is 0 Å². The number of urea groups is 1. The quantitative estimate of drug-likeness (QED) is 0.861. The van der Waals surface area contributed by atoms with Crippen LogP contribution in [0.25, 0.3) is 0 Å². The van der Waals surface area contributed by atoms with Crippen LogP contribution in [0.2, 0.25) is 0 Å². The third-order valence-corrected chi connectivity index (χ3v) is 3.52. The number of amides is 2. The number of halogens is 1. The van der Waals surface area contributed by atoms with Crippen molar-refractivity contribution in [1.29, 1.82) is 0 Å². The van der Waals surface area contributed by atoms with Crippen LogP contribution >= 0.6 is 0 Å². The molecule has 2 aromatic carbocycles. The number of carbonyl (C=O) groups excluding carboxylic acids is 1. The summed E-state index contributed by atoms with van der Waals surface area (Å²) in [5, 5.41) is 5.57. The number of carbonyl (C=O) groups is 1. The third-order valence-electron chi connectivity index (χ3n) is 3.52. The van der Waals surface area contributed by atoms with Crippen LogP contribution in [-0.2, 0) is 13.0 Å². The van der Waals surface area contributed by atoms with Gasteiger partial charge in [-0.2, -0.15) is 0 Å². The van der Waals surface area contributed by atoms with E-state index in [1.165, 1.54) is 17.7 Å². The predicted octanol–water partition coefficient (Wildman–Crippen LogP) is 2.93. The van der Waals surface area contributed by atoms with Crippen LogP contribution in [0.3, 0.4) is 0 Å². The molecular formula is C18H22FN3O. The molecular weight excluding hydrogens is 293 g/mol. The van der Waals surface area contributed by atoms with Gasteiger partial charge in [0.1, 0.15) is 5.82 Å². The molecule has 0 saturated carbocycles. The van der Waals surface area contributed by atoms with Gasteiger partial charge in [0.05, 0.1) is 0 Å². The van der Waals surface area contributed by atoms with E-state index in [-0.39, 0.29) is 11.8 Å². The monoisotopic (exact) mass is 315 g/mol. The Morgan fingerprint density at radius 3 is 2.17 bits per heavy atom. The molecule has 2 amide bonds. The lowest BCUT2D eigenvalue weighted by Crippen LogP contribution is -2.36. The summed E-state index contributed by atoms with van der Waals surface area (Å²) in [5.74, 6) is -0.279. The lowest BCUT2D eigenvalue weighted by atomic mass is 10.1. The average Bonchev–Trinajstić information content (AvgIpc) is 2.55. The van der Waals surface area contributed by atoms with Gasteiger partial charge in [0.15, 0.2) is 0 Å². The van der Waals surface area contributed by atoms with Gasteiger partial charge in [-0.1, -0.05) is 24.3 Å². The SMILES string of the molecule is CN(C)c1ccc(CCNC(=O)NCc2ccc(F)cc2)cc1. The van der Waals surface area contributed by atoms with Crippen LogP contribution in [0.15, 0.2) is 48.5 Å². The molecule has 2 aromatic rings. The first-order valence-corrected chi connectivity index (χ1v) is 7.57. The van der Waals surface area contributed by atoms with Crippen LogP contribution in [0.5, 0.6) is 0 Å². The first-order valence-electron chi connectivity index (χ1n) is 7.57. The van der Waals surface area contributed by atoms with E-state index in [0.717, 1.165) is 17.7 Å². The number of hydrogen-bond donors (Lipinski definition) is 2. The second-order valence-corrected chi connectivity index (χ2v) is 5.55. The van der Waals surface area contributed by atoms with E-state index in [9.17, 15) is 9.18 Å². The van der Waals surface area contributed by atoms with E-state index in [0.29, 0.717) is 13.1 Å². The number of hydrogen-bond acceptors (Lipinski definition) is 2. The first kappa shape index (κ1) is 16.8. The summed E-state index contributed by atoms with van der Waals surface area (Å²) in [4.78, 5) is 13.8. The molecule has 0 radical (unpaired) electrons. The van der Waals surface area contributed by atoms with Crippen molar-refractivity contribution >= 4 is 11.7 Å². The van der Waals surface area contributed by atoms with Gasteiger partial charge in [-0.25, -0.2) is 9.18 Å². The Kier molecular flexibility index (Phi) is 5.97. The Morgan fingerprint density at radius 2 is 1.57 bits per heavy atom. The van der Waals surface area contributed by atoms with Crippen molar-refractivity contribution < 1.29 is 9.18 Å². The van der Waals surface area contributed by atoms with Gasteiger partial charge in [-0.15, -0.1) is 0 Å². The fourth-order valence-corrected chi connectivity index (χ4v) is 2.13. The summed E-state index contributed by atoms with van der Waals surface area (Å²) in [6.45, 7) is 0.945. The molecule has 0 aliphatic carbocycles. The number of nitrogens with one attached hydrogen (secondary N) is 2. The molecule has 0 unspecified atom stereocenters. The highest BCUT2D eigenvalue weighted by Gasteiger charge is 2.01. The Bertz CT molecular complexity index is 624. The summed E-state index contributed by atoms with van der Waals surface area (Å²) in [7, 11) is 4.00. The minimum Gasteiger partial charge on any atom is -0.378 e. The van der Waals surface area contributed by atoms with Crippen molar-refractivity contribution in [3.8, 4) is 0 Å². The average molecular weight is 315 g/mol. The Hall–Kier alpha value is -2.56. The summed E-state index contributed by atoms with van der Waals surface area (Å²) >= 11 is 0. The lowest BCUT2D eigenvalue weighted by molar-refractivity contribution is 0.240. The second-order valence-electron chi connectivity index (χ2n) is 5.55. The second kappa shape index (κ2) is 8.17. The van der Waals surface area contributed by atoms with Gasteiger partial charge >= 0.3 is 6.03 Å². The van der Waals surface area contributed by atoms with Gasteiger partial charge < -0.3 is 15.5 Å². The highest BCUT2D eigenvalue weighted by molar-refractivity contribution is 5.73. The molecule has 5 heteroatoms. The van der Waals surface area contributed by atoms with Crippen LogP contribution in [0.1, 0.15) is 11.1 Å². The molecule has 0 atom stereocenters. The molecule has 0 aromatic heterocycles. The molecule has 0 aliphatic heterocycles. The number of rotatable bonds is 6. The highest BCUT2D eigenvalue weighted by atomic mass is 19.1. The van der Waals surface area contributed by atoms with Crippen LogP contribution in [-0.4, -0.2) is 26.7 Å². The van der Waals surface area contributed by atoms with Crippen molar-refractivity contribution in [2.45, 2.75) is 13.0 Å². The fourth-order valence-electron chi connectivity index (χ4n) is 2.13. The van der Waals surface area contributed by atoms with Gasteiger partial charge in [0.25, 0.3) is 0 Å². The smallest absolute Gasteiger partial charge is 0.315 e. The van der Waals surface area contributed by atoms with E-state index in [1.54, 1.807) is 12.1 Å². The van der Waals surface area contributed by atoms with Crippen LogP contribution < -0.4 is 15.5 Å². The molecule has 23 heavy (non-hydrogen) atoms. The topological polar surface area (TPSA) is 44.4 Å². The third kappa shape index (κ3) is 5.62. The molecule has 122 valence electrons. The summed E-state index contributed by atoms with van der Waals surface area (Å²) in [6, 6.07) is 14.1. The van der Waals surface area contributed by atoms with Crippen molar-refractivity contribution in [3.63, 3.8) is 0 Å². The maximum atomic E-state index is 12.8. The van der Waals surface area contributed by atoms with Crippen LogP contribution in [0, 0.1) is 5.82 Å². The largest absolute Gasteiger partial charge is 0.378 e. The van der Waals surface area contributed by atoms with Gasteiger partial charge in [-0.3, -0.25) is 0 Å². The van der Waals surface area contributed by atoms with Crippen molar-refractivity contribution in [2.24, 2.45) is 0 Å². The molecule has 0 fully saturated rings. The van der Waals surface area contributed by atoms with Crippen molar-refractivity contribution in [1.82, 2.24) is 10.6 Å². The molecule has 0 aliphatic rings. The zero-order valence-electron chi connectivity index (χ0n) is 13.5. The van der Waals surface area contributed by atoms with Gasteiger partial charge in [0, 0.05) is 32.9 Å². The molecule has 0 saturated heterocycles. The van der Waals surface area contributed by atoms with Crippen molar-refractivity contribution in [3.05, 3.63) is 65.5 Å². The number of nitrogens with zero attached hydrogens (tertiary/aromatic N) is 1. The normalized spacial score (nSPS) is 10.2. The van der Waals surface area contributed by atoms with Gasteiger partial charge in [0.2, 0.25) is 0 Å². The standard InChI is InChI=1S/C18H22FN3O/c1-22(2)17-9-5-14(6-10-17)11-12-20-18(23)21-13-15-3-7-16(19)8-4-15/h3-10H,11-13H2,1-2H3,(H2,20,21,23). The minimum atomic E-state index is -0.279. The van der Waals surface area contributed by atoms with Gasteiger partial charge in [-0.05, 0) is 41.8 Å². The van der Waals surface area contributed by atoms with Crippen molar-refractivity contribution in [2.75, 3.05) is 25.5 Å². The number of benzene rings is 2. The lowest BCUT2D eigenvalue weighted by Gasteiger charge is -2.13. The Morgan fingerprint density at radius 1 is 0.957 bits per heavy atom. The van der Waals surface area contributed by atoms with E-state index in [1.807, 2.05) is 19.0 Å². The zero-order chi connectivity index (χ0) is 16.7. The number of anilines is 1. The van der Waals surface area contributed by atoms with E-state index in [2.05, 4.69) is 34.9 Å². The summed E-state index contributed by atoms with van der Waals surface area (Å²) in [6.07, 6.45) is 0.775. The predicted molar refractivity (Wildman–Crippen MR) is 91.1 cm³/mol.